The van der Waals surface area contributed by atoms with Crippen molar-refractivity contribution in [2.75, 3.05) is 5.32 Å². The Morgan fingerprint density at radius 3 is 2.33 bits per heavy atom. The average Bonchev–Trinajstić information content (AvgIpc) is 3.23. The third-order valence-electron chi connectivity index (χ3n) is 5.85. The lowest BCUT2D eigenvalue weighted by Crippen LogP contribution is -2.39. The van der Waals surface area contributed by atoms with E-state index in [1.807, 2.05) is 60.7 Å². The molecule has 1 saturated heterocycles. The fourth-order valence-corrected chi connectivity index (χ4v) is 4.73. The van der Waals surface area contributed by atoms with E-state index in [0.717, 1.165) is 27.4 Å². The van der Waals surface area contributed by atoms with Gasteiger partial charge in [0.25, 0.3) is 0 Å². The first-order valence-electron chi connectivity index (χ1n) is 9.16. The molecule has 3 aromatic carbocycles. The lowest BCUT2D eigenvalue weighted by atomic mass is 9.72. The van der Waals surface area contributed by atoms with Gasteiger partial charge in [0, 0.05) is 16.8 Å². The molecule has 3 nitrogen and oxygen atoms in total. The fraction of sp³-hybridized carbons (Fsp3) is 0.174. The number of carbonyl (C=O) groups excluding carboxylic acids is 1. The number of fused-ring (bicyclic) bond motifs is 2. The summed E-state index contributed by atoms with van der Waals surface area (Å²) in [6.45, 7) is 0. The van der Waals surface area contributed by atoms with Gasteiger partial charge in [-0.1, -0.05) is 72.3 Å². The largest absolute Gasteiger partial charge is 0.325 e. The molecule has 134 valence electrons. The summed E-state index contributed by atoms with van der Waals surface area (Å²) in [4.78, 5) is 13.3. The van der Waals surface area contributed by atoms with Gasteiger partial charge in [0.15, 0.2) is 0 Å². The normalized spacial score (nSPS) is 26.2. The zero-order valence-electron chi connectivity index (χ0n) is 14.7. The number of benzene rings is 3. The molecule has 1 fully saturated rings. The number of carbonyl (C=O) groups is 1. The number of hydrogen-bond donors (Lipinski definition) is 2. The van der Waals surface area contributed by atoms with Crippen LogP contribution in [0.15, 0.2) is 78.9 Å². The summed E-state index contributed by atoms with van der Waals surface area (Å²) < 4.78 is 0. The van der Waals surface area contributed by atoms with Crippen molar-refractivity contribution < 1.29 is 4.79 Å². The summed E-state index contributed by atoms with van der Waals surface area (Å²) >= 11 is 6.07. The molecule has 0 aromatic heterocycles. The Morgan fingerprint density at radius 1 is 0.852 bits per heavy atom. The number of hydrogen-bond acceptors (Lipinski definition) is 2. The molecule has 2 N–H and O–H groups in total. The highest BCUT2D eigenvalue weighted by molar-refractivity contribution is 6.30. The topological polar surface area (TPSA) is 41.1 Å². The first-order valence-corrected chi connectivity index (χ1v) is 9.54. The van der Waals surface area contributed by atoms with E-state index < -0.39 is 5.41 Å². The third kappa shape index (κ3) is 2.50. The summed E-state index contributed by atoms with van der Waals surface area (Å²) in [5.74, 6) is 0.0708. The predicted molar refractivity (Wildman–Crippen MR) is 108 cm³/mol. The van der Waals surface area contributed by atoms with Crippen molar-refractivity contribution in [2.45, 2.75) is 23.9 Å². The standard InChI is InChI=1S/C23H19ClN2O/c24-17-12-10-15(11-13-17)20-14-23(21(25-20)16-6-2-1-3-7-16)18-8-4-5-9-19(18)26-22(23)27/h1-13,20-21,25H,14H2,(H,26,27). The molecule has 3 atom stereocenters. The van der Waals surface area contributed by atoms with Gasteiger partial charge in [-0.25, -0.2) is 0 Å². The van der Waals surface area contributed by atoms with Gasteiger partial charge in [0.05, 0.1) is 11.5 Å². The number of rotatable bonds is 2. The van der Waals surface area contributed by atoms with E-state index in [2.05, 4.69) is 28.8 Å². The van der Waals surface area contributed by atoms with Crippen molar-refractivity contribution in [3.05, 3.63) is 101 Å². The highest BCUT2D eigenvalue weighted by Crippen LogP contribution is 2.55. The van der Waals surface area contributed by atoms with E-state index in [0.29, 0.717) is 6.42 Å². The highest BCUT2D eigenvalue weighted by atomic mass is 35.5. The van der Waals surface area contributed by atoms with E-state index in [1.165, 1.54) is 0 Å². The molecule has 0 aliphatic carbocycles. The summed E-state index contributed by atoms with van der Waals surface area (Å²) in [6.07, 6.45) is 0.705. The number of amides is 1. The summed E-state index contributed by atoms with van der Waals surface area (Å²) in [7, 11) is 0. The van der Waals surface area contributed by atoms with Crippen LogP contribution < -0.4 is 10.6 Å². The lowest BCUT2D eigenvalue weighted by molar-refractivity contribution is -0.121. The molecular formula is C23H19ClN2O. The Kier molecular flexibility index (Phi) is 3.81. The van der Waals surface area contributed by atoms with E-state index in [9.17, 15) is 4.79 Å². The van der Waals surface area contributed by atoms with Crippen LogP contribution >= 0.6 is 11.6 Å². The van der Waals surface area contributed by atoms with Gasteiger partial charge in [0.2, 0.25) is 5.91 Å². The number of nitrogens with one attached hydrogen (secondary N) is 2. The zero-order valence-corrected chi connectivity index (χ0v) is 15.4. The van der Waals surface area contributed by atoms with Crippen LogP contribution in [0.1, 0.15) is 35.2 Å². The summed E-state index contributed by atoms with van der Waals surface area (Å²) in [5, 5.41) is 7.57. The maximum Gasteiger partial charge on any atom is 0.237 e. The van der Waals surface area contributed by atoms with Crippen LogP contribution in [0.25, 0.3) is 0 Å². The first-order chi connectivity index (χ1) is 13.2. The molecule has 2 heterocycles. The van der Waals surface area contributed by atoms with Crippen molar-refractivity contribution in [3.8, 4) is 0 Å². The number of para-hydroxylation sites is 1. The second-order valence-electron chi connectivity index (χ2n) is 7.29. The van der Waals surface area contributed by atoms with Gasteiger partial charge in [0.1, 0.15) is 0 Å². The van der Waals surface area contributed by atoms with Gasteiger partial charge in [-0.05, 0) is 41.3 Å². The van der Waals surface area contributed by atoms with E-state index >= 15 is 0 Å². The Bertz CT molecular complexity index is 1000. The van der Waals surface area contributed by atoms with Crippen molar-refractivity contribution >= 4 is 23.2 Å². The van der Waals surface area contributed by atoms with Crippen molar-refractivity contribution in [1.29, 1.82) is 0 Å². The molecule has 5 rings (SSSR count). The smallest absolute Gasteiger partial charge is 0.237 e. The maximum atomic E-state index is 13.3. The summed E-state index contributed by atoms with van der Waals surface area (Å²) in [6, 6.07) is 26.2. The van der Waals surface area contributed by atoms with Crippen LogP contribution in [-0.2, 0) is 10.2 Å². The second kappa shape index (κ2) is 6.22. The minimum Gasteiger partial charge on any atom is -0.325 e. The minimum atomic E-state index is -0.623. The van der Waals surface area contributed by atoms with E-state index in [4.69, 9.17) is 11.6 Å². The van der Waals surface area contributed by atoms with E-state index in [-0.39, 0.29) is 18.0 Å². The molecule has 2 aliphatic heterocycles. The Balaban J connectivity index is 1.66. The van der Waals surface area contributed by atoms with Crippen LogP contribution in [0.3, 0.4) is 0 Å². The van der Waals surface area contributed by atoms with Crippen molar-refractivity contribution in [2.24, 2.45) is 0 Å². The van der Waals surface area contributed by atoms with Gasteiger partial charge in [-0.2, -0.15) is 0 Å². The minimum absolute atomic E-state index is 0.0708. The molecule has 0 bridgehead atoms. The average molecular weight is 375 g/mol. The van der Waals surface area contributed by atoms with E-state index in [1.54, 1.807) is 0 Å². The van der Waals surface area contributed by atoms with Crippen LogP contribution in [0.4, 0.5) is 5.69 Å². The monoisotopic (exact) mass is 374 g/mol. The van der Waals surface area contributed by atoms with Crippen LogP contribution in [0.2, 0.25) is 5.02 Å². The molecule has 1 amide bonds. The van der Waals surface area contributed by atoms with Gasteiger partial charge >= 0.3 is 0 Å². The maximum absolute atomic E-state index is 13.3. The Labute approximate surface area is 163 Å². The lowest BCUT2D eigenvalue weighted by Gasteiger charge is -2.29. The predicted octanol–water partition coefficient (Wildman–Crippen LogP) is 5.01. The molecule has 4 heteroatoms. The number of halogens is 1. The van der Waals surface area contributed by atoms with Crippen LogP contribution in [0, 0.1) is 0 Å². The van der Waals surface area contributed by atoms with Gasteiger partial charge in [-0.15, -0.1) is 0 Å². The second-order valence-corrected chi connectivity index (χ2v) is 7.73. The van der Waals surface area contributed by atoms with Gasteiger partial charge in [-0.3, -0.25) is 4.79 Å². The van der Waals surface area contributed by atoms with Crippen LogP contribution in [0.5, 0.6) is 0 Å². The molecule has 0 saturated carbocycles. The molecule has 2 aliphatic rings. The molecule has 1 spiro atoms. The zero-order chi connectivity index (χ0) is 18.4. The molecular weight excluding hydrogens is 356 g/mol. The van der Waals surface area contributed by atoms with Crippen LogP contribution in [-0.4, -0.2) is 5.91 Å². The Hall–Kier alpha value is -2.62. The molecule has 3 unspecified atom stereocenters. The Morgan fingerprint density at radius 2 is 1.56 bits per heavy atom. The fourth-order valence-electron chi connectivity index (χ4n) is 4.60. The molecule has 3 aromatic rings. The molecule has 27 heavy (non-hydrogen) atoms. The summed E-state index contributed by atoms with van der Waals surface area (Å²) in [5.41, 5.74) is 3.65. The highest BCUT2D eigenvalue weighted by Gasteiger charge is 2.58. The van der Waals surface area contributed by atoms with Crippen molar-refractivity contribution in [1.82, 2.24) is 5.32 Å². The SMILES string of the molecule is O=C1Nc2ccccc2C12CC(c1ccc(Cl)cc1)NC2c1ccccc1. The quantitative estimate of drug-likeness (QED) is 0.662. The van der Waals surface area contributed by atoms with Crippen molar-refractivity contribution in [3.63, 3.8) is 0 Å². The third-order valence-corrected chi connectivity index (χ3v) is 6.11. The molecule has 0 radical (unpaired) electrons. The first kappa shape index (κ1) is 16.5. The van der Waals surface area contributed by atoms with Gasteiger partial charge < -0.3 is 10.6 Å². The number of anilines is 1.